The lowest BCUT2D eigenvalue weighted by Crippen LogP contribution is -1.91. The lowest BCUT2D eigenvalue weighted by molar-refractivity contribution is 0.321. The molecule has 0 aliphatic rings. The number of fused-ring (bicyclic) bond motifs is 1. The molecule has 2 rings (SSSR count). The second-order valence-corrected chi connectivity index (χ2v) is 3.03. The molecule has 0 aliphatic carbocycles. The van der Waals surface area contributed by atoms with Crippen LogP contribution in [0.4, 0.5) is 0 Å². The SMILES string of the molecule is Cc1ccc2nc(/C=N/O)cnc2c1. The summed E-state index contributed by atoms with van der Waals surface area (Å²) in [6.45, 7) is 2.00. The Morgan fingerprint density at radius 1 is 1.36 bits per heavy atom. The van der Waals surface area contributed by atoms with E-state index in [0.29, 0.717) is 5.69 Å². The Morgan fingerprint density at radius 2 is 2.21 bits per heavy atom. The van der Waals surface area contributed by atoms with Crippen LogP contribution in [0.15, 0.2) is 29.6 Å². The normalized spacial score (nSPS) is 11.2. The zero-order chi connectivity index (χ0) is 9.97. The standard InChI is InChI=1S/C10H9N3O/c1-7-2-3-9-10(4-7)11-5-8(13-9)6-12-14/h2-6,14H,1H3/b12-6+. The van der Waals surface area contributed by atoms with Gasteiger partial charge in [-0.3, -0.25) is 4.98 Å². The van der Waals surface area contributed by atoms with E-state index in [1.807, 2.05) is 25.1 Å². The van der Waals surface area contributed by atoms with E-state index in [4.69, 9.17) is 5.21 Å². The van der Waals surface area contributed by atoms with Gasteiger partial charge in [0.1, 0.15) is 5.69 Å². The van der Waals surface area contributed by atoms with Gasteiger partial charge < -0.3 is 5.21 Å². The van der Waals surface area contributed by atoms with E-state index in [-0.39, 0.29) is 0 Å². The molecule has 0 spiro atoms. The van der Waals surface area contributed by atoms with Gasteiger partial charge in [-0.15, -0.1) is 0 Å². The number of oxime groups is 1. The lowest BCUT2D eigenvalue weighted by atomic mass is 10.2. The number of aryl methyl sites for hydroxylation is 1. The summed E-state index contributed by atoms with van der Waals surface area (Å²) in [5.74, 6) is 0. The maximum Gasteiger partial charge on any atom is 0.104 e. The van der Waals surface area contributed by atoms with Gasteiger partial charge in [-0.2, -0.15) is 0 Å². The molecule has 14 heavy (non-hydrogen) atoms. The first-order valence-corrected chi connectivity index (χ1v) is 4.20. The van der Waals surface area contributed by atoms with Crippen LogP contribution in [0.5, 0.6) is 0 Å². The fourth-order valence-electron chi connectivity index (χ4n) is 1.26. The van der Waals surface area contributed by atoms with Gasteiger partial charge in [0.05, 0.1) is 23.4 Å². The van der Waals surface area contributed by atoms with Crippen LogP contribution in [0.3, 0.4) is 0 Å². The molecule has 0 bridgehead atoms. The van der Waals surface area contributed by atoms with Crippen LogP contribution in [0, 0.1) is 6.92 Å². The van der Waals surface area contributed by atoms with Crippen molar-refractivity contribution in [3.05, 3.63) is 35.7 Å². The molecule has 1 aromatic carbocycles. The van der Waals surface area contributed by atoms with Gasteiger partial charge in [0, 0.05) is 0 Å². The van der Waals surface area contributed by atoms with Crippen LogP contribution in [0.25, 0.3) is 11.0 Å². The minimum atomic E-state index is 0.545. The van der Waals surface area contributed by atoms with E-state index < -0.39 is 0 Å². The van der Waals surface area contributed by atoms with Crippen LogP contribution in [0.2, 0.25) is 0 Å². The summed E-state index contributed by atoms with van der Waals surface area (Å²) < 4.78 is 0. The third kappa shape index (κ3) is 1.54. The number of nitrogens with zero attached hydrogens (tertiary/aromatic N) is 3. The van der Waals surface area contributed by atoms with E-state index in [9.17, 15) is 0 Å². The molecule has 0 amide bonds. The van der Waals surface area contributed by atoms with Gasteiger partial charge in [-0.05, 0) is 24.6 Å². The highest BCUT2D eigenvalue weighted by molar-refractivity contribution is 5.81. The predicted molar refractivity (Wildman–Crippen MR) is 53.7 cm³/mol. The van der Waals surface area contributed by atoms with Crippen molar-refractivity contribution >= 4 is 17.2 Å². The molecule has 0 atom stereocenters. The molecule has 0 fully saturated rings. The molecule has 70 valence electrons. The highest BCUT2D eigenvalue weighted by Gasteiger charge is 1.97. The van der Waals surface area contributed by atoms with E-state index in [1.165, 1.54) is 6.21 Å². The van der Waals surface area contributed by atoms with E-state index >= 15 is 0 Å². The van der Waals surface area contributed by atoms with Crippen LogP contribution in [-0.4, -0.2) is 21.4 Å². The maximum absolute atomic E-state index is 8.34. The molecule has 0 saturated heterocycles. The molecule has 1 N–H and O–H groups in total. The third-order valence-corrected chi connectivity index (χ3v) is 1.91. The molecule has 0 aliphatic heterocycles. The highest BCUT2D eigenvalue weighted by Crippen LogP contribution is 2.10. The van der Waals surface area contributed by atoms with Crippen molar-refractivity contribution < 1.29 is 5.21 Å². The molecule has 4 nitrogen and oxygen atoms in total. The summed E-state index contributed by atoms with van der Waals surface area (Å²) in [4.78, 5) is 8.43. The Labute approximate surface area is 80.9 Å². The summed E-state index contributed by atoms with van der Waals surface area (Å²) in [5.41, 5.74) is 3.34. The molecular weight excluding hydrogens is 178 g/mol. The van der Waals surface area contributed by atoms with E-state index in [2.05, 4.69) is 15.1 Å². The first-order chi connectivity index (χ1) is 6.79. The lowest BCUT2D eigenvalue weighted by Gasteiger charge is -1.98. The molecule has 0 unspecified atom stereocenters. The van der Waals surface area contributed by atoms with Gasteiger partial charge in [-0.25, -0.2) is 4.98 Å². The van der Waals surface area contributed by atoms with Crippen molar-refractivity contribution in [1.82, 2.24) is 9.97 Å². The molecule has 0 radical (unpaired) electrons. The summed E-state index contributed by atoms with van der Waals surface area (Å²) >= 11 is 0. The average Bonchev–Trinajstić information content (AvgIpc) is 2.19. The summed E-state index contributed by atoms with van der Waals surface area (Å²) in [7, 11) is 0. The highest BCUT2D eigenvalue weighted by atomic mass is 16.4. The average molecular weight is 187 g/mol. The first-order valence-electron chi connectivity index (χ1n) is 4.20. The second kappa shape index (κ2) is 3.41. The van der Waals surface area contributed by atoms with Gasteiger partial charge in [-0.1, -0.05) is 11.2 Å². The Kier molecular flexibility index (Phi) is 2.10. The van der Waals surface area contributed by atoms with E-state index in [0.717, 1.165) is 16.6 Å². The second-order valence-electron chi connectivity index (χ2n) is 3.03. The van der Waals surface area contributed by atoms with Gasteiger partial charge >= 0.3 is 0 Å². The fourth-order valence-corrected chi connectivity index (χ4v) is 1.26. The first kappa shape index (κ1) is 8.62. The monoisotopic (exact) mass is 187 g/mol. The molecular formula is C10H9N3O. The summed E-state index contributed by atoms with van der Waals surface area (Å²) in [5, 5.41) is 11.2. The zero-order valence-electron chi connectivity index (χ0n) is 7.68. The van der Waals surface area contributed by atoms with Crippen LogP contribution < -0.4 is 0 Å². The van der Waals surface area contributed by atoms with Crippen molar-refractivity contribution in [2.45, 2.75) is 6.92 Å². The quantitative estimate of drug-likeness (QED) is 0.420. The number of hydrogen-bond donors (Lipinski definition) is 1. The Morgan fingerprint density at radius 3 is 3.00 bits per heavy atom. The fraction of sp³-hybridized carbons (Fsp3) is 0.100. The maximum atomic E-state index is 8.34. The van der Waals surface area contributed by atoms with Gasteiger partial charge in [0.25, 0.3) is 0 Å². The van der Waals surface area contributed by atoms with Gasteiger partial charge in [0.15, 0.2) is 0 Å². The topological polar surface area (TPSA) is 58.4 Å². The molecule has 4 heteroatoms. The number of benzene rings is 1. The number of hydrogen-bond acceptors (Lipinski definition) is 4. The number of rotatable bonds is 1. The van der Waals surface area contributed by atoms with E-state index in [1.54, 1.807) is 6.20 Å². The largest absolute Gasteiger partial charge is 0.411 e. The summed E-state index contributed by atoms with van der Waals surface area (Å²) in [6.07, 6.45) is 2.83. The smallest absolute Gasteiger partial charge is 0.104 e. The van der Waals surface area contributed by atoms with Gasteiger partial charge in [0.2, 0.25) is 0 Å². The van der Waals surface area contributed by atoms with Crippen LogP contribution >= 0.6 is 0 Å². The van der Waals surface area contributed by atoms with Crippen LogP contribution in [0.1, 0.15) is 11.3 Å². The Balaban J connectivity index is 2.61. The van der Waals surface area contributed by atoms with Crippen molar-refractivity contribution in [3.63, 3.8) is 0 Å². The van der Waals surface area contributed by atoms with Crippen molar-refractivity contribution in [2.24, 2.45) is 5.16 Å². The minimum Gasteiger partial charge on any atom is -0.411 e. The third-order valence-electron chi connectivity index (χ3n) is 1.91. The minimum absolute atomic E-state index is 0.545. The predicted octanol–water partition coefficient (Wildman–Crippen LogP) is 1.75. The Bertz CT molecular complexity index is 494. The molecule has 0 saturated carbocycles. The molecule has 2 aromatic rings. The molecule has 1 aromatic heterocycles. The van der Waals surface area contributed by atoms with Crippen LogP contribution in [-0.2, 0) is 0 Å². The Hall–Kier alpha value is -1.97. The molecule has 1 heterocycles. The van der Waals surface area contributed by atoms with Crippen molar-refractivity contribution in [3.8, 4) is 0 Å². The number of aromatic nitrogens is 2. The van der Waals surface area contributed by atoms with Crippen molar-refractivity contribution in [1.29, 1.82) is 0 Å². The van der Waals surface area contributed by atoms with Crippen molar-refractivity contribution in [2.75, 3.05) is 0 Å². The summed E-state index contributed by atoms with van der Waals surface area (Å²) in [6, 6.07) is 5.82. The zero-order valence-corrected chi connectivity index (χ0v) is 7.68.